The third-order valence-corrected chi connectivity index (χ3v) is 6.82. The number of piperazine rings is 1. The molecule has 0 aliphatic carbocycles. The van der Waals surface area contributed by atoms with Crippen LogP contribution in [-0.2, 0) is 0 Å². The number of rotatable bonds is 5. The minimum absolute atomic E-state index is 0.000196. The zero-order valence-corrected chi connectivity index (χ0v) is 20.8. The van der Waals surface area contributed by atoms with Crippen LogP contribution in [0.2, 0.25) is 0 Å². The van der Waals surface area contributed by atoms with Crippen LogP contribution in [0.5, 0.6) is 0 Å². The molecule has 35 heavy (non-hydrogen) atoms. The van der Waals surface area contributed by atoms with Crippen molar-refractivity contribution in [2.75, 3.05) is 64.6 Å². The average molecular weight is 469 g/mol. The van der Waals surface area contributed by atoms with Gasteiger partial charge in [0.2, 0.25) is 0 Å². The summed E-state index contributed by atoms with van der Waals surface area (Å²) in [5, 5.41) is 4.45. The maximum absolute atomic E-state index is 12.2. The lowest BCUT2D eigenvalue weighted by Crippen LogP contribution is -2.44. The summed E-state index contributed by atoms with van der Waals surface area (Å²) in [4.78, 5) is 26.6. The molecule has 4 aromatic rings. The number of hydrogen-bond acceptors (Lipinski definition) is 5. The Morgan fingerprint density at radius 3 is 2.37 bits per heavy atom. The second-order valence-electron chi connectivity index (χ2n) is 9.37. The summed E-state index contributed by atoms with van der Waals surface area (Å²) >= 11 is 0. The van der Waals surface area contributed by atoms with Crippen LogP contribution in [-0.4, -0.2) is 80.0 Å². The Morgan fingerprint density at radius 1 is 0.971 bits per heavy atom. The highest BCUT2D eigenvalue weighted by Gasteiger charge is 2.18. The average Bonchev–Trinajstić information content (AvgIpc) is 3.32. The summed E-state index contributed by atoms with van der Waals surface area (Å²) < 4.78 is 0. The lowest BCUT2D eigenvalue weighted by molar-refractivity contribution is 0.0827. The van der Waals surface area contributed by atoms with Crippen LogP contribution < -0.4 is 10.2 Å². The van der Waals surface area contributed by atoms with E-state index in [9.17, 15) is 4.79 Å². The van der Waals surface area contributed by atoms with Crippen LogP contribution in [0.3, 0.4) is 0 Å². The van der Waals surface area contributed by atoms with Crippen LogP contribution in [0.15, 0.2) is 60.9 Å². The molecule has 0 saturated carbocycles. The van der Waals surface area contributed by atoms with E-state index in [4.69, 9.17) is 4.98 Å². The number of amides is 1. The van der Waals surface area contributed by atoms with Gasteiger partial charge in [-0.1, -0.05) is 18.2 Å². The first-order chi connectivity index (χ1) is 16.9. The Balaban J connectivity index is 1.47. The Morgan fingerprint density at radius 2 is 1.69 bits per heavy atom. The van der Waals surface area contributed by atoms with Crippen molar-refractivity contribution in [2.45, 2.75) is 0 Å². The summed E-state index contributed by atoms with van der Waals surface area (Å²) in [6, 6.07) is 16.6. The van der Waals surface area contributed by atoms with E-state index in [1.54, 1.807) is 19.0 Å². The first kappa shape index (κ1) is 22.9. The smallest absolute Gasteiger partial charge is 0.253 e. The molecule has 2 N–H and O–H groups in total. The first-order valence-corrected chi connectivity index (χ1v) is 12.0. The number of nitrogens with zero attached hydrogens (tertiary/aromatic N) is 4. The van der Waals surface area contributed by atoms with Crippen LogP contribution >= 0.6 is 0 Å². The van der Waals surface area contributed by atoms with Gasteiger partial charge in [-0.2, -0.15) is 0 Å². The number of hydrogen-bond donors (Lipinski definition) is 2. The van der Waals surface area contributed by atoms with E-state index in [0.717, 1.165) is 65.2 Å². The lowest BCUT2D eigenvalue weighted by atomic mass is 10.0. The van der Waals surface area contributed by atoms with Gasteiger partial charge in [0.15, 0.2) is 0 Å². The highest BCUT2D eigenvalue weighted by Crippen LogP contribution is 2.35. The standard InChI is InChI=1S/C28H32N6O/c1-29-25-16-21(9-10-26(25)34-13-11-33(4)12-14-34)22-15-23-24(18-31-27(23)30-17-22)19-5-7-20(8-6-19)28(35)32(2)3/h5-10,15-18,29H,11-14H2,1-4H3,(H,30,31). The number of benzene rings is 2. The number of aromatic nitrogens is 2. The fourth-order valence-corrected chi connectivity index (χ4v) is 4.69. The monoisotopic (exact) mass is 468 g/mol. The van der Waals surface area contributed by atoms with Crippen LogP contribution in [0.25, 0.3) is 33.3 Å². The number of H-pyrrole nitrogens is 1. The Labute approximate surface area is 206 Å². The van der Waals surface area contributed by atoms with E-state index in [-0.39, 0.29) is 5.91 Å². The van der Waals surface area contributed by atoms with Crippen molar-refractivity contribution in [3.05, 3.63) is 66.5 Å². The molecule has 0 atom stereocenters. The summed E-state index contributed by atoms with van der Waals surface area (Å²) in [5.74, 6) is -0.000196. The molecule has 1 amide bonds. The molecule has 1 fully saturated rings. The molecule has 0 bridgehead atoms. The molecule has 7 nitrogen and oxygen atoms in total. The van der Waals surface area contributed by atoms with E-state index in [1.165, 1.54) is 5.69 Å². The van der Waals surface area contributed by atoms with Gasteiger partial charge < -0.3 is 25.0 Å². The van der Waals surface area contributed by atoms with Gasteiger partial charge in [-0.15, -0.1) is 0 Å². The van der Waals surface area contributed by atoms with E-state index < -0.39 is 0 Å². The zero-order chi connectivity index (χ0) is 24.5. The van der Waals surface area contributed by atoms with E-state index in [0.29, 0.717) is 5.56 Å². The number of carbonyl (C=O) groups excluding carboxylic acids is 1. The van der Waals surface area contributed by atoms with Crippen LogP contribution in [0.1, 0.15) is 10.4 Å². The summed E-state index contributed by atoms with van der Waals surface area (Å²) in [7, 11) is 7.69. The molecule has 0 spiro atoms. The Bertz CT molecular complexity index is 1350. The second-order valence-corrected chi connectivity index (χ2v) is 9.37. The van der Waals surface area contributed by atoms with Crippen molar-refractivity contribution in [1.29, 1.82) is 0 Å². The van der Waals surface area contributed by atoms with E-state index in [2.05, 4.69) is 51.4 Å². The summed E-state index contributed by atoms with van der Waals surface area (Å²) in [5.41, 5.74) is 8.21. The van der Waals surface area contributed by atoms with E-state index in [1.807, 2.05) is 43.7 Å². The molecule has 2 aromatic heterocycles. The minimum Gasteiger partial charge on any atom is -0.386 e. The summed E-state index contributed by atoms with van der Waals surface area (Å²) in [6.07, 6.45) is 3.91. The number of likely N-dealkylation sites (N-methyl/N-ethyl adjacent to an activating group) is 1. The molecule has 1 aliphatic rings. The van der Waals surface area contributed by atoms with Gasteiger partial charge in [0.25, 0.3) is 5.91 Å². The summed E-state index contributed by atoms with van der Waals surface area (Å²) in [6.45, 7) is 4.21. The fraction of sp³-hybridized carbons (Fsp3) is 0.286. The number of nitrogens with one attached hydrogen (secondary N) is 2. The van der Waals surface area contributed by atoms with Gasteiger partial charge in [0, 0.05) is 81.8 Å². The number of aromatic amines is 1. The van der Waals surface area contributed by atoms with Crippen molar-refractivity contribution in [1.82, 2.24) is 19.8 Å². The van der Waals surface area contributed by atoms with Crippen molar-refractivity contribution in [3.63, 3.8) is 0 Å². The molecule has 0 radical (unpaired) electrons. The molecule has 180 valence electrons. The number of carbonyl (C=O) groups is 1. The molecule has 2 aromatic carbocycles. The molecule has 3 heterocycles. The minimum atomic E-state index is -0.000196. The molecule has 7 heteroatoms. The van der Waals surface area contributed by atoms with Crippen molar-refractivity contribution in [3.8, 4) is 22.3 Å². The molecule has 5 rings (SSSR count). The van der Waals surface area contributed by atoms with Gasteiger partial charge in [0.1, 0.15) is 5.65 Å². The number of fused-ring (bicyclic) bond motifs is 1. The third kappa shape index (κ3) is 4.47. The largest absolute Gasteiger partial charge is 0.386 e. The van der Waals surface area contributed by atoms with Gasteiger partial charge in [-0.05, 0) is 48.5 Å². The van der Waals surface area contributed by atoms with Gasteiger partial charge in [-0.3, -0.25) is 4.79 Å². The maximum atomic E-state index is 12.2. The van der Waals surface area contributed by atoms with Crippen molar-refractivity contribution < 1.29 is 4.79 Å². The van der Waals surface area contributed by atoms with Crippen molar-refractivity contribution >= 4 is 28.3 Å². The predicted octanol–water partition coefficient (Wildman–Crippen LogP) is 4.39. The van der Waals surface area contributed by atoms with Crippen LogP contribution in [0.4, 0.5) is 11.4 Å². The Kier molecular flexibility index (Phi) is 6.17. The third-order valence-electron chi connectivity index (χ3n) is 6.82. The van der Waals surface area contributed by atoms with Crippen molar-refractivity contribution in [2.24, 2.45) is 0 Å². The second kappa shape index (κ2) is 9.43. The zero-order valence-electron chi connectivity index (χ0n) is 20.8. The molecule has 1 saturated heterocycles. The van der Waals surface area contributed by atoms with Gasteiger partial charge >= 0.3 is 0 Å². The molecular formula is C28H32N6O. The molecule has 1 aliphatic heterocycles. The first-order valence-electron chi connectivity index (χ1n) is 12.0. The highest BCUT2D eigenvalue weighted by atomic mass is 16.2. The number of anilines is 2. The van der Waals surface area contributed by atoms with Gasteiger partial charge in [0.05, 0.1) is 11.4 Å². The van der Waals surface area contributed by atoms with Gasteiger partial charge in [-0.25, -0.2) is 4.98 Å². The highest BCUT2D eigenvalue weighted by molar-refractivity contribution is 5.98. The fourth-order valence-electron chi connectivity index (χ4n) is 4.69. The molecule has 0 unspecified atom stereocenters. The molecular weight excluding hydrogens is 436 g/mol. The Hall–Kier alpha value is -3.84. The lowest BCUT2D eigenvalue weighted by Gasteiger charge is -2.35. The van der Waals surface area contributed by atoms with Crippen LogP contribution in [0, 0.1) is 0 Å². The van der Waals surface area contributed by atoms with E-state index >= 15 is 0 Å². The quantitative estimate of drug-likeness (QED) is 0.455. The normalized spacial score (nSPS) is 14.3. The SMILES string of the molecule is CNc1cc(-c2cnc3[nH]cc(-c4ccc(C(=O)N(C)C)cc4)c3c2)ccc1N1CCN(C)CC1. The predicted molar refractivity (Wildman–Crippen MR) is 144 cm³/mol. The number of pyridine rings is 1. The maximum Gasteiger partial charge on any atom is 0.253 e. The topological polar surface area (TPSA) is 67.5 Å².